The lowest BCUT2D eigenvalue weighted by molar-refractivity contribution is 0.275. The fourth-order valence-electron chi connectivity index (χ4n) is 2.18. The van der Waals surface area contributed by atoms with Crippen molar-refractivity contribution < 1.29 is 17.9 Å². The molecule has 4 nitrogen and oxygen atoms in total. The number of aliphatic hydroxyl groups is 1. The van der Waals surface area contributed by atoms with Crippen LogP contribution in [-0.4, -0.2) is 42.4 Å². The molecule has 0 bridgehead atoms. The van der Waals surface area contributed by atoms with Gasteiger partial charge in [0.15, 0.2) is 0 Å². The molecular formula is C13H18FNO3S2. The van der Waals surface area contributed by atoms with E-state index in [1.807, 2.05) is 0 Å². The first-order valence-corrected chi connectivity index (χ1v) is 9.04. The molecule has 112 valence electrons. The zero-order valence-corrected chi connectivity index (χ0v) is 12.9. The third-order valence-electron chi connectivity index (χ3n) is 3.29. The topological polar surface area (TPSA) is 57.6 Å². The number of benzene rings is 1. The number of aryl methyl sites for hydroxylation is 1. The fraction of sp³-hybridized carbons (Fsp3) is 0.538. The molecule has 1 heterocycles. The molecule has 0 unspecified atom stereocenters. The van der Waals surface area contributed by atoms with E-state index in [1.54, 1.807) is 11.8 Å². The highest BCUT2D eigenvalue weighted by atomic mass is 32.2. The number of nitrogens with zero attached hydrogens (tertiary/aromatic N) is 1. The summed E-state index contributed by atoms with van der Waals surface area (Å²) in [4.78, 5) is 0.0624. The Morgan fingerprint density at radius 1 is 1.35 bits per heavy atom. The highest BCUT2D eigenvalue weighted by Gasteiger charge is 2.26. The molecule has 2 rings (SSSR count). The Morgan fingerprint density at radius 2 is 2.10 bits per heavy atom. The maximum atomic E-state index is 13.7. The van der Waals surface area contributed by atoms with Crippen LogP contribution in [0.15, 0.2) is 17.0 Å². The molecule has 1 saturated heterocycles. The molecule has 1 aromatic rings. The molecular weight excluding hydrogens is 301 g/mol. The van der Waals surface area contributed by atoms with Crippen LogP contribution < -0.4 is 0 Å². The second-order valence-corrected chi connectivity index (χ2v) is 7.90. The van der Waals surface area contributed by atoms with Crippen LogP contribution in [0.2, 0.25) is 0 Å². The van der Waals surface area contributed by atoms with Crippen LogP contribution in [0.25, 0.3) is 0 Å². The number of halogens is 1. The van der Waals surface area contributed by atoms with Crippen molar-refractivity contribution >= 4 is 21.8 Å². The van der Waals surface area contributed by atoms with Crippen molar-refractivity contribution in [1.82, 2.24) is 4.31 Å². The van der Waals surface area contributed by atoms with Crippen LogP contribution in [0, 0.1) is 12.7 Å². The van der Waals surface area contributed by atoms with Crippen LogP contribution in [0.3, 0.4) is 0 Å². The highest BCUT2D eigenvalue weighted by molar-refractivity contribution is 7.99. The van der Waals surface area contributed by atoms with Gasteiger partial charge in [-0.1, -0.05) is 0 Å². The Hall–Kier alpha value is -0.630. The van der Waals surface area contributed by atoms with E-state index in [9.17, 15) is 12.8 Å². The molecule has 20 heavy (non-hydrogen) atoms. The van der Waals surface area contributed by atoms with Crippen LogP contribution in [0.4, 0.5) is 4.39 Å². The van der Waals surface area contributed by atoms with Gasteiger partial charge in [0.05, 0.1) is 11.5 Å². The minimum Gasteiger partial charge on any atom is -0.392 e. The van der Waals surface area contributed by atoms with Crippen molar-refractivity contribution in [3.05, 3.63) is 29.1 Å². The van der Waals surface area contributed by atoms with Crippen LogP contribution in [-0.2, 0) is 16.6 Å². The first-order valence-electron chi connectivity index (χ1n) is 6.44. The van der Waals surface area contributed by atoms with Gasteiger partial charge in [0.25, 0.3) is 0 Å². The van der Waals surface area contributed by atoms with Gasteiger partial charge in [-0.2, -0.15) is 16.1 Å². The lowest BCUT2D eigenvalue weighted by atomic mass is 10.1. The number of rotatable bonds is 3. The van der Waals surface area contributed by atoms with Gasteiger partial charge in [-0.05, 0) is 36.8 Å². The molecule has 7 heteroatoms. The maximum absolute atomic E-state index is 13.7. The standard InChI is InChI=1S/C13H18FNO3S2/c1-10-7-12(8-11(9-16)13(10)14)20(17,18)15-3-2-5-19-6-4-15/h7-8,16H,2-6,9H2,1H3. The predicted molar refractivity (Wildman–Crippen MR) is 77.8 cm³/mol. The Morgan fingerprint density at radius 3 is 2.80 bits per heavy atom. The highest BCUT2D eigenvalue weighted by Crippen LogP contribution is 2.24. The monoisotopic (exact) mass is 319 g/mol. The Bertz CT molecular complexity index is 582. The Kier molecular flexibility index (Phi) is 5.06. The van der Waals surface area contributed by atoms with Crippen LogP contribution in [0.5, 0.6) is 0 Å². The first kappa shape index (κ1) is 15.8. The SMILES string of the molecule is Cc1cc(S(=O)(=O)N2CCCSCC2)cc(CO)c1F. The van der Waals surface area contributed by atoms with Gasteiger partial charge in [-0.25, -0.2) is 12.8 Å². The number of hydrogen-bond acceptors (Lipinski definition) is 4. The zero-order valence-electron chi connectivity index (χ0n) is 11.3. The van der Waals surface area contributed by atoms with E-state index >= 15 is 0 Å². The molecule has 0 aliphatic carbocycles. The quantitative estimate of drug-likeness (QED) is 0.922. The summed E-state index contributed by atoms with van der Waals surface area (Å²) in [6, 6.07) is 2.57. The molecule has 0 amide bonds. The van der Waals surface area contributed by atoms with Gasteiger partial charge in [0.2, 0.25) is 10.0 Å². The zero-order chi connectivity index (χ0) is 14.8. The fourth-order valence-corrected chi connectivity index (χ4v) is 4.80. The van der Waals surface area contributed by atoms with Crippen molar-refractivity contribution in [3.63, 3.8) is 0 Å². The van der Waals surface area contributed by atoms with E-state index in [-0.39, 0.29) is 16.0 Å². The third kappa shape index (κ3) is 3.16. The van der Waals surface area contributed by atoms with Crippen LogP contribution >= 0.6 is 11.8 Å². The van der Waals surface area contributed by atoms with E-state index in [1.165, 1.54) is 23.4 Å². The first-order chi connectivity index (χ1) is 9.46. The third-order valence-corrected chi connectivity index (χ3v) is 6.22. The molecule has 0 atom stereocenters. The number of hydrogen-bond donors (Lipinski definition) is 1. The van der Waals surface area contributed by atoms with E-state index in [4.69, 9.17) is 5.11 Å². The molecule has 0 spiro atoms. The van der Waals surface area contributed by atoms with Crippen molar-refractivity contribution in [2.24, 2.45) is 0 Å². The van der Waals surface area contributed by atoms with Gasteiger partial charge in [-0.15, -0.1) is 0 Å². The predicted octanol–water partition coefficient (Wildman–Crippen LogP) is 1.75. The van der Waals surface area contributed by atoms with Crippen molar-refractivity contribution in [2.45, 2.75) is 24.8 Å². The molecule has 0 aromatic heterocycles. The average Bonchev–Trinajstić information content (AvgIpc) is 2.71. The van der Waals surface area contributed by atoms with Gasteiger partial charge >= 0.3 is 0 Å². The van der Waals surface area contributed by atoms with E-state index in [0.717, 1.165) is 17.9 Å². The van der Waals surface area contributed by atoms with E-state index < -0.39 is 22.4 Å². The van der Waals surface area contributed by atoms with Gasteiger partial charge in [0.1, 0.15) is 5.82 Å². The second kappa shape index (κ2) is 6.43. The largest absolute Gasteiger partial charge is 0.392 e. The van der Waals surface area contributed by atoms with E-state index in [0.29, 0.717) is 13.1 Å². The lowest BCUT2D eigenvalue weighted by Crippen LogP contribution is -2.33. The minimum atomic E-state index is -3.62. The minimum absolute atomic E-state index is 0.0211. The Labute approximate surface area is 123 Å². The maximum Gasteiger partial charge on any atom is 0.243 e. The summed E-state index contributed by atoms with van der Waals surface area (Å²) in [6.07, 6.45) is 0.816. The summed E-state index contributed by atoms with van der Waals surface area (Å²) in [7, 11) is -3.62. The number of thioether (sulfide) groups is 1. The summed E-state index contributed by atoms with van der Waals surface area (Å²) in [5.41, 5.74) is 0.257. The number of sulfonamides is 1. The van der Waals surface area contributed by atoms with Crippen LogP contribution in [0.1, 0.15) is 17.5 Å². The molecule has 1 aliphatic rings. The van der Waals surface area contributed by atoms with Gasteiger partial charge in [-0.3, -0.25) is 0 Å². The lowest BCUT2D eigenvalue weighted by Gasteiger charge is -2.20. The van der Waals surface area contributed by atoms with Gasteiger partial charge < -0.3 is 5.11 Å². The molecule has 0 radical (unpaired) electrons. The second-order valence-electron chi connectivity index (χ2n) is 4.74. The van der Waals surface area contributed by atoms with Gasteiger partial charge in [0, 0.05) is 24.4 Å². The summed E-state index contributed by atoms with van der Waals surface area (Å²) in [5.74, 6) is 1.18. The molecule has 1 aliphatic heterocycles. The van der Waals surface area contributed by atoms with Crippen molar-refractivity contribution in [3.8, 4) is 0 Å². The Balaban J connectivity index is 2.40. The summed E-state index contributed by atoms with van der Waals surface area (Å²) >= 11 is 1.74. The van der Waals surface area contributed by atoms with E-state index in [2.05, 4.69) is 0 Å². The smallest absolute Gasteiger partial charge is 0.243 e. The summed E-state index contributed by atoms with van der Waals surface area (Å²) in [6.45, 7) is 1.95. The number of aliphatic hydroxyl groups excluding tert-OH is 1. The molecule has 1 N–H and O–H groups in total. The summed E-state index contributed by atoms with van der Waals surface area (Å²) in [5, 5.41) is 9.14. The molecule has 1 fully saturated rings. The molecule has 0 saturated carbocycles. The molecule has 1 aromatic carbocycles. The van der Waals surface area contributed by atoms with Crippen molar-refractivity contribution in [1.29, 1.82) is 0 Å². The normalized spacial score (nSPS) is 17.9. The summed E-state index contributed by atoms with van der Waals surface area (Å²) < 4.78 is 40.3. The van der Waals surface area contributed by atoms with Crippen molar-refractivity contribution in [2.75, 3.05) is 24.6 Å². The average molecular weight is 319 g/mol.